The van der Waals surface area contributed by atoms with Crippen LogP contribution in [0.25, 0.3) is 0 Å². The second-order valence-electron chi connectivity index (χ2n) is 7.08. The number of halogens is 1. The molecular weight excluding hydrogens is 378 g/mol. The summed E-state index contributed by atoms with van der Waals surface area (Å²) in [4.78, 5) is 34.9. The SMILES string of the molecule is CC(C)C(=O)Nc1ccc(CNC(=O)c2nc(N3CCCC3)ncc2Cl)cc1. The molecular formula is C20H24ClN5O2. The minimum absolute atomic E-state index is 0.0340. The number of nitrogens with one attached hydrogen (secondary N) is 2. The maximum absolute atomic E-state index is 12.5. The fourth-order valence-corrected chi connectivity index (χ4v) is 3.02. The Bertz CT molecular complexity index is 848. The third-order valence-electron chi connectivity index (χ3n) is 4.53. The van der Waals surface area contributed by atoms with Crippen LogP contribution in [-0.4, -0.2) is 34.9 Å². The van der Waals surface area contributed by atoms with E-state index in [9.17, 15) is 9.59 Å². The molecule has 0 radical (unpaired) electrons. The highest BCUT2D eigenvalue weighted by Crippen LogP contribution is 2.20. The zero-order chi connectivity index (χ0) is 20.1. The predicted molar refractivity (Wildman–Crippen MR) is 110 cm³/mol. The van der Waals surface area contributed by atoms with Crippen LogP contribution in [0.2, 0.25) is 5.02 Å². The van der Waals surface area contributed by atoms with Gasteiger partial charge in [-0.25, -0.2) is 9.97 Å². The van der Waals surface area contributed by atoms with Gasteiger partial charge in [0.15, 0.2) is 5.69 Å². The van der Waals surface area contributed by atoms with Crippen molar-refractivity contribution in [3.63, 3.8) is 0 Å². The molecule has 2 aromatic rings. The van der Waals surface area contributed by atoms with E-state index in [2.05, 4.69) is 25.5 Å². The first kappa shape index (κ1) is 20.1. The summed E-state index contributed by atoms with van der Waals surface area (Å²) in [6, 6.07) is 7.33. The van der Waals surface area contributed by atoms with Gasteiger partial charge in [-0.15, -0.1) is 0 Å². The van der Waals surface area contributed by atoms with Crippen LogP contribution in [0.4, 0.5) is 11.6 Å². The maximum atomic E-state index is 12.5. The number of amides is 2. The Kier molecular flexibility index (Phi) is 6.46. The minimum atomic E-state index is -0.343. The lowest BCUT2D eigenvalue weighted by Crippen LogP contribution is -2.26. The predicted octanol–water partition coefficient (Wildman–Crippen LogP) is 3.25. The number of nitrogens with zero attached hydrogens (tertiary/aromatic N) is 3. The molecule has 28 heavy (non-hydrogen) atoms. The van der Waals surface area contributed by atoms with Crippen LogP contribution in [0, 0.1) is 5.92 Å². The summed E-state index contributed by atoms with van der Waals surface area (Å²) >= 11 is 6.13. The summed E-state index contributed by atoms with van der Waals surface area (Å²) in [5.74, 6) is 0.0811. The molecule has 1 aromatic carbocycles. The highest BCUT2D eigenvalue weighted by atomic mass is 35.5. The maximum Gasteiger partial charge on any atom is 0.271 e. The third-order valence-corrected chi connectivity index (χ3v) is 4.81. The number of rotatable bonds is 6. The molecule has 7 nitrogen and oxygen atoms in total. The van der Waals surface area contributed by atoms with Crippen LogP contribution in [0.3, 0.4) is 0 Å². The largest absolute Gasteiger partial charge is 0.347 e. The summed E-state index contributed by atoms with van der Waals surface area (Å²) in [6.07, 6.45) is 3.67. The lowest BCUT2D eigenvalue weighted by molar-refractivity contribution is -0.118. The standard InChI is InChI=1S/C20H24ClN5O2/c1-13(2)18(27)24-15-7-5-14(6-8-15)11-22-19(28)17-16(21)12-23-20(25-17)26-9-3-4-10-26/h5-8,12-13H,3-4,9-11H2,1-2H3,(H,22,28)(H,24,27). The number of anilines is 2. The molecule has 0 aliphatic carbocycles. The molecule has 1 fully saturated rings. The van der Waals surface area contributed by atoms with Gasteiger partial charge >= 0.3 is 0 Å². The molecule has 2 N–H and O–H groups in total. The summed E-state index contributed by atoms with van der Waals surface area (Å²) in [5, 5.41) is 5.90. The molecule has 0 atom stereocenters. The number of carbonyl (C=O) groups is 2. The molecule has 0 saturated carbocycles. The van der Waals surface area contributed by atoms with Gasteiger partial charge in [0.2, 0.25) is 11.9 Å². The highest BCUT2D eigenvalue weighted by Gasteiger charge is 2.19. The van der Waals surface area contributed by atoms with Crippen molar-refractivity contribution in [2.24, 2.45) is 5.92 Å². The Morgan fingerprint density at radius 3 is 2.50 bits per heavy atom. The van der Waals surface area contributed by atoms with E-state index >= 15 is 0 Å². The van der Waals surface area contributed by atoms with Gasteiger partial charge in [0, 0.05) is 31.2 Å². The number of aromatic nitrogens is 2. The molecule has 0 spiro atoms. The average molecular weight is 402 g/mol. The Morgan fingerprint density at radius 2 is 1.86 bits per heavy atom. The van der Waals surface area contributed by atoms with E-state index < -0.39 is 0 Å². The third kappa shape index (κ3) is 4.98. The van der Waals surface area contributed by atoms with Gasteiger partial charge < -0.3 is 15.5 Å². The lowest BCUT2D eigenvalue weighted by atomic mass is 10.1. The molecule has 1 aliphatic rings. The topological polar surface area (TPSA) is 87.2 Å². The number of carbonyl (C=O) groups excluding carboxylic acids is 2. The fraction of sp³-hybridized carbons (Fsp3) is 0.400. The molecule has 2 heterocycles. The Labute approximate surface area is 169 Å². The van der Waals surface area contributed by atoms with Crippen LogP contribution in [0.15, 0.2) is 30.5 Å². The number of hydrogen-bond donors (Lipinski definition) is 2. The van der Waals surface area contributed by atoms with Gasteiger partial charge in [-0.2, -0.15) is 0 Å². The summed E-state index contributed by atoms with van der Waals surface area (Å²) in [6.45, 7) is 5.79. The number of benzene rings is 1. The van der Waals surface area contributed by atoms with Crippen molar-refractivity contribution in [1.29, 1.82) is 0 Å². The molecule has 1 aromatic heterocycles. The zero-order valence-corrected chi connectivity index (χ0v) is 16.8. The Hall–Kier alpha value is -2.67. The minimum Gasteiger partial charge on any atom is -0.347 e. The average Bonchev–Trinajstić information content (AvgIpc) is 3.22. The van der Waals surface area contributed by atoms with Gasteiger partial charge in [-0.3, -0.25) is 9.59 Å². The molecule has 1 aliphatic heterocycles. The van der Waals surface area contributed by atoms with Crippen molar-refractivity contribution < 1.29 is 9.59 Å². The Balaban J connectivity index is 1.61. The van der Waals surface area contributed by atoms with E-state index in [0.29, 0.717) is 12.5 Å². The molecule has 148 valence electrons. The quantitative estimate of drug-likeness (QED) is 0.775. The van der Waals surface area contributed by atoms with Crippen molar-refractivity contribution in [3.8, 4) is 0 Å². The summed E-state index contributed by atoms with van der Waals surface area (Å²) in [5.41, 5.74) is 1.81. The van der Waals surface area contributed by atoms with E-state index in [4.69, 9.17) is 11.6 Å². The smallest absolute Gasteiger partial charge is 0.271 e. The molecule has 8 heteroatoms. The van der Waals surface area contributed by atoms with Gasteiger partial charge in [0.25, 0.3) is 5.91 Å². The first-order chi connectivity index (χ1) is 13.4. The molecule has 0 bridgehead atoms. The van der Waals surface area contributed by atoms with Crippen LogP contribution >= 0.6 is 11.6 Å². The van der Waals surface area contributed by atoms with E-state index in [1.54, 1.807) is 0 Å². The van der Waals surface area contributed by atoms with Crippen molar-refractivity contribution in [3.05, 3.63) is 46.7 Å². The van der Waals surface area contributed by atoms with Crippen LogP contribution in [0.5, 0.6) is 0 Å². The normalized spacial score (nSPS) is 13.6. The highest BCUT2D eigenvalue weighted by molar-refractivity contribution is 6.33. The summed E-state index contributed by atoms with van der Waals surface area (Å²) in [7, 11) is 0. The Morgan fingerprint density at radius 1 is 1.18 bits per heavy atom. The zero-order valence-electron chi connectivity index (χ0n) is 16.0. The second kappa shape index (κ2) is 9.01. The van der Waals surface area contributed by atoms with E-state index in [-0.39, 0.29) is 28.4 Å². The fourth-order valence-electron chi connectivity index (χ4n) is 2.85. The first-order valence-corrected chi connectivity index (χ1v) is 9.77. The van der Waals surface area contributed by atoms with Crippen molar-refractivity contribution >= 4 is 35.1 Å². The second-order valence-corrected chi connectivity index (χ2v) is 7.49. The van der Waals surface area contributed by atoms with Crippen LogP contribution in [0.1, 0.15) is 42.7 Å². The van der Waals surface area contributed by atoms with Crippen LogP contribution in [-0.2, 0) is 11.3 Å². The van der Waals surface area contributed by atoms with Gasteiger partial charge in [0.1, 0.15) is 0 Å². The van der Waals surface area contributed by atoms with Gasteiger partial charge in [-0.05, 0) is 30.5 Å². The van der Waals surface area contributed by atoms with Gasteiger partial charge in [0.05, 0.1) is 11.2 Å². The van der Waals surface area contributed by atoms with Crippen molar-refractivity contribution in [2.45, 2.75) is 33.2 Å². The molecule has 3 rings (SSSR count). The molecule has 1 saturated heterocycles. The van der Waals surface area contributed by atoms with Crippen molar-refractivity contribution in [1.82, 2.24) is 15.3 Å². The van der Waals surface area contributed by atoms with Crippen molar-refractivity contribution in [2.75, 3.05) is 23.3 Å². The van der Waals surface area contributed by atoms with E-state index in [0.717, 1.165) is 37.2 Å². The molecule has 0 unspecified atom stereocenters. The van der Waals surface area contributed by atoms with E-state index in [1.165, 1.54) is 6.20 Å². The lowest BCUT2D eigenvalue weighted by Gasteiger charge is -2.16. The molecule has 2 amide bonds. The van der Waals surface area contributed by atoms with E-state index in [1.807, 2.05) is 38.1 Å². The van der Waals surface area contributed by atoms with Crippen LogP contribution < -0.4 is 15.5 Å². The summed E-state index contributed by atoms with van der Waals surface area (Å²) < 4.78 is 0. The van der Waals surface area contributed by atoms with Gasteiger partial charge in [-0.1, -0.05) is 37.6 Å². The monoisotopic (exact) mass is 401 g/mol. The number of hydrogen-bond acceptors (Lipinski definition) is 5. The first-order valence-electron chi connectivity index (χ1n) is 9.39.